The number of aromatic hydroxyl groups is 1. The number of nitrogens with one attached hydrogen (secondary N) is 1. The Balaban J connectivity index is 3.04. The molecule has 0 unspecified atom stereocenters. The summed E-state index contributed by atoms with van der Waals surface area (Å²) in [6.45, 7) is 2.93. The molecule has 0 spiro atoms. The van der Waals surface area contributed by atoms with E-state index in [9.17, 15) is 25.3 Å². The van der Waals surface area contributed by atoms with E-state index in [-0.39, 0.29) is 49.0 Å². The molecule has 1 aromatic heterocycles. The van der Waals surface area contributed by atoms with Crippen molar-refractivity contribution in [2.45, 2.75) is 19.0 Å². The topological polar surface area (TPSA) is 133 Å². The first kappa shape index (κ1) is 18.0. The summed E-state index contributed by atoms with van der Waals surface area (Å²) in [6.07, 6.45) is 1.67. The highest BCUT2D eigenvalue weighted by molar-refractivity contribution is 9.10. The fourth-order valence-electron chi connectivity index (χ4n) is 2.37. The van der Waals surface area contributed by atoms with Crippen molar-refractivity contribution in [2.75, 3.05) is 6.26 Å². The number of phenolic OH excluding ortho intramolecular Hbond substituents is 1. The average Bonchev–Trinajstić information content (AvgIpc) is 2.52. The fraction of sp³-hybridized carbons (Fsp3) is 0.214. The van der Waals surface area contributed by atoms with E-state index in [2.05, 4.69) is 25.9 Å². The van der Waals surface area contributed by atoms with Gasteiger partial charge >= 0.3 is 0 Å². The fourth-order valence-corrected chi connectivity index (χ4v) is 3.13. The molecule has 0 saturated carbocycles. The first-order valence-corrected chi connectivity index (χ1v) is 8.51. The Morgan fingerprint density at radius 2 is 2.04 bits per heavy atom. The summed E-state index contributed by atoms with van der Waals surface area (Å²) < 4.78 is 0.117. The summed E-state index contributed by atoms with van der Waals surface area (Å²) in [4.78, 5) is 29.5. The molecule has 0 saturated heterocycles. The zero-order valence-electron chi connectivity index (χ0n) is 12.8. The summed E-state index contributed by atoms with van der Waals surface area (Å²) in [5, 5.41) is 31.3. The number of aromatic amines is 1. The van der Waals surface area contributed by atoms with Gasteiger partial charge in [-0.2, -0.15) is 5.26 Å². The maximum Gasteiger partial charge on any atom is 0.277 e. The molecule has 8 nitrogen and oxygen atoms in total. The third-order valence-corrected chi connectivity index (χ3v) is 5.03. The second-order valence-corrected chi connectivity index (χ2v) is 6.39. The van der Waals surface area contributed by atoms with E-state index in [1.807, 2.05) is 0 Å². The summed E-state index contributed by atoms with van der Waals surface area (Å²) in [6, 6.07) is 1.74. The van der Waals surface area contributed by atoms with Gasteiger partial charge in [0.05, 0.1) is 15.0 Å². The molecule has 10 heteroatoms. The number of nitro benzene ring substituents is 1. The van der Waals surface area contributed by atoms with E-state index < -0.39 is 10.5 Å². The summed E-state index contributed by atoms with van der Waals surface area (Å²) in [7, 11) is 0. The predicted octanol–water partition coefficient (Wildman–Crippen LogP) is 3.02. The Hall–Kier alpha value is -2.38. The molecular formula is C14H11BrN4O4S. The van der Waals surface area contributed by atoms with Crippen LogP contribution in [0.2, 0.25) is 0 Å². The molecule has 0 atom stereocenters. The van der Waals surface area contributed by atoms with Gasteiger partial charge in [-0.25, -0.2) is 4.98 Å². The molecule has 0 aliphatic rings. The van der Waals surface area contributed by atoms with E-state index in [0.717, 1.165) is 11.8 Å². The Bertz CT molecular complexity index is 965. The number of benzene rings is 1. The zero-order valence-corrected chi connectivity index (χ0v) is 15.2. The molecule has 2 aromatic rings. The van der Waals surface area contributed by atoms with Crippen LogP contribution in [0.15, 0.2) is 14.4 Å². The highest BCUT2D eigenvalue weighted by Gasteiger charge is 2.29. The lowest BCUT2D eigenvalue weighted by Gasteiger charge is -2.14. The highest BCUT2D eigenvalue weighted by atomic mass is 79.9. The first-order valence-electron chi connectivity index (χ1n) is 6.49. The van der Waals surface area contributed by atoms with E-state index >= 15 is 0 Å². The van der Waals surface area contributed by atoms with Gasteiger partial charge in [-0.15, -0.1) is 0 Å². The molecule has 1 heterocycles. The summed E-state index contributed by atoms with van der Waals surface area (Å²) in [5.41, 5.74) is -0.957. The molecule has 0 amide bonds. The largest absolute Gasteiger partial charge is 0.506 e. The second kappa shape index (κ2) is 6.62. The normalized spacial score (nSPS) is 10.5. The zero-order chi connectivity index (χ0) is 18.2. The average molecular weight is 411 g/mol. The number of aromatic nitrogens is 2. The number of rotatable bonds is 3. The number of H-pyrrole nitrogens is 1. The van der Waals surface area contributed by atoms with Crippen LogP contribution in [0.25, 0.3) is 11.3 Å². The van der Waals surface area contributed by atoms with Crippen LogP contribution in [0, 0.1) is 35.3 Å². The minimum Gasteiger partial charge on any atom is -0.506 e. The Labute approximate surface area is 148 Å². The third-order valence-electron chi connectivity index (χ3n) is 3.48. The van der Waals surface area contributed by atoms with Gasteiger partial charge in [0.25, 0.3) is 11.2 Å². The van der Waals surface area contributed by atoms with Gasteiger partial charge in [0, 0.05) is 11.1 Å². The monoisotopic (exact) mass is 410 g/mol. The minimum atomic E-state index is -0.676. The number of thioether (sulfide) groups is 1. The van der Waals surface area contributed by atoms with E-state index in [4.69, 9.17) is 0 Å². The van der Waals surface area contributed by atoms with Crippen LogP contribution in [0.3, 0.4) is 0 Å². The maximum absolute atomic E-state index is 12.1. The maximum atomic E-state index is 12.1. The molecular weight excluding hydrogens is 400 g/mol. The van der Waals surface area contributed by atoms with Crippen molar-refractivity contribution in [1.82, 2.24) is 9.97 Å². The molecule has 124 valence electrons. The Morgan fingerprint density at radius 3 is 2.54 bits per heavy atom. The number of halogens is 1. The van der Waals surface area contributed by atoms with E-state index in [0.29, 0.717) is 0 Å². The lowest BCUT2D eigenvalue weighted by atomic mass is 9.97. The van der Waals surface area contributed by atoms with E-state index in [1.54, 1.807) is 12.3 Å². The number of nitro groups is 1. The third kappa shape index (κ3) is 2.76. The van der Waals surface area contributed by atoms with Crippen molar-refractivity contribution in [1.29, 1.82) is 5.26 Å². The molecule has 2 N–H and O–H groups in total. The van der Waals surface area contributed by atoms with Crippen molar-refractivity contribution in [3.8, 4) is 23.1 Å². The van der Waals surface area contributed by atoms with Crippen molar-refractivity contribution < 1.29 is 10.0 Å². The highest BCUT2D eigenvalue weighted by Crippen LogP contribution is 2.45. The molecule has 0 aliphatic heterocycles. The molecule has 24 heavy (non-hydrogen) atoms. The molecule has 1 aromatic carbocycles. The summed E-state index contributed by atoms with van der Waals surface area (Å²) in [5.74, 6) is -0.308. The number of nitrogens with zero attached hydrogens (tertiary/aromatic N) is 3. The molecule has 0 fully saturated rings. The van der Waals surface area contributed by atoms with Crippen molar-refractivity contribution in [3.05, 3.63) is 41.6 Å². The number of hydrogen-bond acceptors (Lipinski definition) is 7. The van der Waals surface area contributed by atoms with Gasteiger partial charge in [-0.05, 0) is 36.0 Å². The lowest BCUT2D eigenvalue weighted by molar-refractivity contribution is -0.386. The van der Waals surface area contributed by atoms with Gasteiger partial charge < -0.3 is 10.1 Å². The molecule has 0 bridgehead atoms. The Kier molecular flexibility index (Phi) is 4.96. The van der Waals surface area contributed by atoms with Crippen LogP contribution in [0.5, 0.6) is 5.75 Å². The first-order chi connectivity index (χ1) is 11.2. The smallest absolute Gasteiger partial charge is 0.277 e. The van der Waals surface area contributed by atoms with Gasteiger partial charge in [0.15, 0.2) is 5.16 Å². The van der Waals surface area contributed by atoms with Gasteiger partial charge in [-0.3, -0.25) is 14.9 Å². The SMILES string of the molecule is CSc1nc(-c2c(C)c([N+](=O)[O-])c(C)c(Br)c2O)c(C#N)c(=O)[nH]1. The molecule has 0 radical (unpaired) electrons. The number of phenols is 1. The van der Waals surface area contributed by atoms with Gasteiger partial charge in [-0.1, -0.05) is 11.8 Å². The predicted molar refractivity (Wildman–Crippen MR) is 92.3 cm³/mol. The molecule has 2 rings (SSSR count). The standard InChI is InChI=1S/C14H11BrN4O4S/c1-5-8(12(20)9(15)6(2)11(5)19(22)23)10-7(4-16)13(21)18-14(17-10)24-3/h20H,1-3H3,(H,17,18,21). The number of nitriles is 1. The quantitative estimate of drug-likeness (QED) is 0.343. The Morgan fingerprint density at radius 1 is 1.42 bits per heavy atom. The van der Waals surface area contributed by atoms with Crippen LogP contribution in [0.1, 0.15) is 16.7 Å². The van der Waals surface area contributed by atoms with Crippen molar-refractivity contribution in [2.24, 2.45) is 0 Å². The number of hydrogen-bond donors (Lipinski definition) is 2. The summed E-state index contributed by atoms with van der Waals surface area (Å²) >= 11 is 4.26. The van der Waals surface area contributed by atoms with Crippen LogP contribution >= 0.6 is 27.7 Å². The van der Waals surface area contributed by atoms with Crippen LogP contribution < -0.4 is 5.56 Å². The van der Waals surface area contributed by atoms with Crippen LogP contribution in [0.4, 0.5) is 5.69 Å². The van der Waals surface area contributed by atoms with Gasteiger partial charge in [0.1, 0.15) is 23.1 Å². The van der Waals surface area contributed by atoms with Crippen LogP contribution in [-0.2, 0) is 0 Å². The van der Waals surface area contributed by atoms with Gasteiger partial charge in [0.2, 0.25) is 0 Å². The van der Waals surface area contributed by atoms with Crippen molar-refractivity contribution in [3.63, 3.8) is 0 Å². The molecule has 0 aliphatic carbocycles. The van der Waals surface area contributed by atoms with Crippen molar-refractivity contribution >= 4 is 33.4 Å². The minimum absolute atomic E-state index is 0.0166. The lowest BCUT2D eigenvalue weighted by Crippen LogP contribution is -2.15. The van der Waals surface area contributed by atoms with E-state index in [1.165, 1.54) is 13.8 Å². The second-order valence-electron chi connectivity index (χ2n) is 4.80. The van der Waals surface area contributed by atoms with Crippen LogP contribution in [-0.4, -0.2) is 26.3 Å².